The number of rotatable bonds is 5. The van der Waals surface area contributed by atoms with Gasteiger partial charge in [-0.25, -0.2) is 0 Å². The van der Waals surface area contributed by atoms with Crippen molar-refractivity contribution in [2.24, 2.45) is 11.7 Å². The van der Waals surface area contributed by atoms with E-state index < -0.39 is 12.1 Å². The summed E-state index contributed by atoms with van der Waals surface area (Å²) in [5, 5.41) is 9.63. The van der Waals surface area contributed by atoms with Gasteiger partial charge in [0, 0.05) is 13.1 Å². The lowest BCUT2D eigenvalue weighted by Crippen LogP contribution is -2.48. The number of nitrogens with zero attached hydrogens (tertiary/aromatic N) is 1. The highest BCUT2D eigenvalue weighted by molar-refractivity contribution is 5.78. The first-order chi connectivity index (χ1) is 9.60. The zero-order chi connectivity index (χ0) is 14.5. The number of ether oxygens (including phenoxy) is 1. The summed E-state index contributed by atoms with van der Waals surface area (Å²) in [7, 11) is 1.67. The zero-order valence-corrected chi connectivity index (χ0v) is 11.8. The molecule has 0 radical (unpaired) electrons. The van der Waals surface area contributed by atoms with E-state index in [1.54, 1.807) is 12.0 Å². The summed E-state index contributed by atoms with van der Waals surface area (Å²) in [5.41, 5.74) is 6.37. The van der Waals surface area contributed by atoms with Crippen LogP contribution in [0, 0.1) is 5.92 Å². The summed E-state index contributed by atoms with van der Waals surface area (Å²) in [6.07, 6.45) is 1.77. The first-order valence-corrected chi connectivity index (χ1v) is 6.94. The van der Waals surface area contributed by atoms with Gasteiger partial charge < -0.3 is 15.6 Å². The minimum Gasteiger partial charge on any atom is -0.497 e. The smallest absolute Gasteiger partial charge is 0.261 e. The number of methoxy groups -OCH3 is 1. The van der Waals surface area contributed by atoms with Gasteiger partial charge in [0.05, 0.1) is 7.11 Å². The molecular formula is C15H22N2O3. The maximum absolute atomic E-state index is 11.0. The van der Waals surface area contributed by atoms with Crippen molar-refractivity contribution in [3.8, 4) is 5.75 Å². The first-order valence-electron chi connectivity index (χ1n) is 6.94. The lowest BCUT2D eigenvalue weighted by atomic mass is 9.90. The second kappa shape index (κ2) is 6.72. The number of hydrogen-bond donors (Lipinski definition) is 2. The summed E-state index contributed by atoms with van der Waals surface area (Å²) < 4.78 is 5.23. The van der Waals surface area contributed by atoms with E-state index in [0.29, 0.717) is 19.0 Å². The molecule has 0 bridgehead atoms. The fourth-order valence-electron chi connectivity index (χ4n) is 2.71. The normalized spacial score (nSPS) is 18.7. The Bertz CT molecular complexity index is 456. The first kappa shape index (κ1) is 14.8. The van der Waals surface area contributed by atoms with Crippen molar-refractivity contribution in [2.75, 3.05) is 20.2 Å². The van der Waals surface area contributed by atoms with Crippen LogP contribution >= 0.6 is 0 Å². The van der Waals surface area contributed by atoms with Crippen molar-refractivity contribution in [1.29, 1.82) is 0 Å². The summed E-state index contributed by atoms with van der Waals surface area (Å²) >= 11 is 0. The molecule has 0 saturated carbocycles. The van der Waals surface area contributed by atoms with E-state index in [9.17, 15) is 9.90 Å². The Kier molecular flexibility index (Phi) is 4.98. The molecule has 0 aliphatic carbocycles. The number of likely N-dealkylation sites (tertiary alicyclic amines) is 1. The SMILES string of the molecule is COc1cccc(CC2CCN(C(O)C(N)=O)CC2)c1. The van der Waals surface area contributed by atoms with E-state index >= 15 is 0 Å². The van der Waals surface area contributed by atoms with E-state index in [0.717, 1.165) is 25.0 Å². The molecule has 5 nitrogen and oxygen atoms in total. The average molecular weight is 278 g/mol. The maximum atomic E-state index is 11.0. The Hall–Kier alpha value is -1.59. The van der Waals surface area contributed by atoms with Crippen LogP contribution in [-0.2, 0) is 11.2 Å². The number of nitrogens with two attached hydrogens (primary N) is 1. The number of aliphatic hydroxyl groups is 1. The van der Waals surface area contributed by atoms with Crippen molar-refractivity contribution >= 4 is 5.91 Å². The Labute approximate surface area is 119 Å². The van der Waals surface area contributed by atoms with Crippen molar-refractivity contribution in [1.82, 2.24) is 4.90 Å². The van der Waals surface area contributed by atoms with Crippen LogP contribution < -0.4 is 10.5 Å². The molecule has 0 aromatic heterocycles. The number of carbonyl (C=O) groups is 1. The molecule has 1 fully saturated rings. The highest BCUT2D eigenvalue weighted by Crippen LogP contribution is 2.24. The van der Waals surface area contributed by atoms with Gasteiger partial charge in [-0.05, 0) is 42.9 Å². The molecule has 1 amide bonds. The third kappa shape index (κ3) is 3.71. The molecule has 20 heavy (non-hydrogen) atoms. The van der Waals surface area contributed by atoms with Gasteiger partial charge in [0.15, 0.2) is 6.23 Å². The number of primary amides is 1. The van der Waals surface area contributed by atoms with Crippen LogP contribution in [0.3, 0.4) is 0 Å². The zero-order valence-electron chi connectivity index (χ0n) is 11.8. The van der Waals surface area contributed by atoms with Gasteiger partial charge in [-0.2, -0.15) is 0 Å². The van der Waals surface area contributed by atoms with Crippen LogP contribution in [0.1, 0.15) is 18.4 Å². The van der Waals surface area contributed by atoms with Gasteiger partial charge in [0.1, 0.15) is 5.75 Å². The van der Waals surface area contributed by atoms with Gasteiger partial charge in [-0.15, -0.1) is 0 Å². The molecule has 1 aromatic carbocycles. The van der Waals surface area contributed by atoms with Crippen LogP contribution in [0.5, 0.6) is 5.75 Å². The second-order valence-corrected chi connectivity index (χ2v) is 5.31. The minimum absolute atomic E-state index is 0.568. The van der Waals surface area contributed by atoms with Crippen LogP contribution in [0.2, 0.25) is 0 Å². The lowest BCUT2D eigenvalue weighted by molar-refractivity contribution is -0.137. The molecule has 3 N–H and O–H groups in total. The fourth-order valence-corrected chi connectivity index (χ4v) is 2.71. The summed E-state index contributed by atoms with van der Waals surface area (Å²) in [5.74, 6) is 0.777. The van der Waals surface area contributed by atoms with Crippen LogP contribution in [0.4, 0.5) is 0 Å². The molecule has 1 aromatic rings. The highest BCUT2D eigenvalue weighted by Gasteiger charge is 2.26. The van der Waals surface area contributed by atoms with Crippen LogP contribution in [0.15, 0.2) is 24.3 Å². The maximum Gasteiger partial charge on any atom is 0.261 e. The van der Waals surface area contributed by atoms with Crippen LogP contribution in [-0.4, -0.2) is 42.3 Å². The molecule has 1 unspecified atom stereocenters. The van der Waals surface area contributed by atoms with E-state index in [4.69, 9.17) is 10.5 Å². The summed E-state index contributed by atoms with van der Waals surface area (Å²) in [6.45, 7) is 1.41. The second-order valence-electron chi connectivity index (χ2n) is 5.31. The minimum atomic E-state index is -1.15. The summed E-state index contributed by atoms with van der Waals surface area (Å²) in [4.78, 5) is 12.7. The Morgan fingerprint density at radius 3 is 2.80 bits per heavy atom. The number of aliphatic hydroxyl groups excluding tert-OH is 1. The molecule has 1 aliphatic heterocycles. The molecule has 1 heterocycles. The quantitative estimate of drug-likeness (QED) is 0.833. The van der Waals surface area contributed by atoms with Crippen molar-refractivity contribution in [2.45, 2.75) is 25.5 Å². The molecule has 1 saturated heterocycles. The average Bonchev–Trinajstić information content (AvgIpc) is 2.47. The molecule has 5 heteroatoms. The number of amides is 1. The monoisotopic (exact) mass is 278 g/mol. The fraction of sp³-hybridized carbons (Fsp3) is 0.533. The predicted molar refractivity (Wildman–Crippen MR) is 76.2 cm³/mol. The van der Waals surface area contributed by atoms with E-state index in [-0.39, 0.29) is 0 Å². The predicted octanol–water partition coefficient (Wildman–Crippen LogP) is 0.753. The lowest BCUT2D eigenvalue weighted by Gasteiger charge is -2.33. The number of hydrogen-bond acceptors (Lipinski definition) is 4. The van der Waals surface area contributed by atoms with Gasteiger partial charge >= 0.3 is 0 Å². The molecule has 2 rings (SSSR count). The van der Waals surface area contributed by atoms with Crippen LogP contribution in [0.25, 0.3) is 0 Å². The molecular weight excluding hydrogens is 256 g/mol. The molecule has 0 spiro atoms. The van der Waals surface area contributed by atoms with Crippen molar-refractivity contribution in [3.63, 3.8) is 0 Å². The van der Waals surface area contributed by atoms with Gasteiger partial charge in [-0.3, -0.25) is 9.69 Å². The van der Waals surface area contributed by atoms with Crippen molar-refractivity contribution < 1.29 is 14.6 Å². The highest BCUT2D eigenvalue weighted by atomic mass is 16.5. The van der Waals surface area contributed by atoms with Crippen molar-refractivity contribution in [3.05, 3.63) is 29.8 Å². The van der Waals surface area contributed by atoms with Gasteiger partial charge in [0.25, 0.3) is 5.91 Å². The standard InChI is InChI=1S/C15H22N2O3/c1-20-13-4-2-3-12(10-13)9-11-5-7-17(8-6-11)15(19)14(16)18/h2-4,10-11,15,19H,5-9H2,1H3,(H2,16,18). The van der Waals surface area contributed by atoms with Gasteiger partial charge in [-0.1, -0.05) is 12.1 Å². The Balaban J connectivity index is 1.86. The number of carbonyl (C=O) groups excluding carboxylic acids is 1. The molecule has 1 aliphatic rings. The molecule has 1 atom stereocenters. The largest absolute Gasteiger partial charge is 0.497 e. The van der Waals surface area contributed by atoms with E-state index in [2.05, 4.69) is 12.1 Å². The number of piperidine rings is 1. The Morgan fingerprint density at radius 2 is 2.20 bits per heavy atom. The summed E-state index contributed by atoms with van der Waals surface area (Å²) in [6, 6.07) is 8.10. The molecule has 110 valence electrons. The third-order valence-electron chi connectivity index (χ3n) is 3.91. The topological polar surface area (TPSA) is 75.8 Å². The third-order valence-corrected chi connectivity index (χ3v) is 3.91. The van der Waals surface area contributed by atoms with Gasteiger partial charge in [0.2, 0.25) is 0 Å². The van der Waals surface area contributed by atoms with E-state index in [1.165, 1.54) is 5.56 Å². The van der Waals surface area contributed by atoms with E-state index in [1.807, 2.05) is 12.1 Å². The number of benzene rings is 1. The Morgan fingerprint density at radius 1 is 1.50 bits per heavy atom.